The van der Waals surface area contributed by atoms with Crippen LogP contribution >= 0.6 is 22.9 Å². The van der Waals surface area contributed by atoms with Gasteiger partial charge in [-0.05, 0) is 49.9 Å². The molecule has 5 nitrogen and oxygen atoms in total. The second kappa shape index (κ2) is 8.31. The van der Waals surface area contributed by atoms with Gasteiger partial charge in [0.25, 0.3) is 5.19 Å². The van der Waals surface area contributed by atoms with Crippen molar-refractivity contribution in [1.29, 1.82) is 5.41 Å². The Labute approximate surface area is 178 Å². The van der Waals surface area contributed by atoms with Gasteiger partial charge in [-0.25, -0.2) is 0 Å². The third-order valence-corrected chi connectivity index (χ3v) is 6.16. The van der Waals surface area contributed by atoms with Crippen molar-refractivity contribution in [2.24, 2.45) is 0 Å². The molecule has 4 aromatic rings. The van der Waals surface area contributed by atoms with Crippen molar-refractivity contribution in [2.75, 3.05) is 0 Å². The number of thiazole rings is 1. The second-order valence-electron chi connectivity index (χ2n) is 7.05. The Hall–Kier alpha value is -2.77. The van der Waals surface area contributed by atoms with Crippen LogP contribution in [0.25, 0.3) is 11.4 Å². The van der Waals surface area contributed by atoms with E-state index >= 15 is 0 Å². The molecule has 0 atom stereocenters. The fraction of sp³-hybridized carbons (Fsp3) is 0.227. The molecular weight excluding hydrogens is 400 g/mol. The molecule has 2 aromatic carbocycles. The van der Waals surface area contributed by atoms with Gasteiger partial charge in [-0.2, -0.15) is 9.36 Å². The molecule has 148 valence electrons. The molecule has 0 fully saturated rings. The van der Waals surface area contributed by atoms with E-state index in [0.29, 0.717) is 15.8 Å². The molecule has 0 amide bonds. The number of aryl methyl sites for hydroxylation is 5. The van der Waals surface area contributed by atoms with Crippen molar-refractivity contribution in [2.45, 2.75) is 33.7 Å². The van der Waals surface area contributed by atoms with Gasteiger partial charge in [0.1, 0.15) is 5.75 Å². The van der Waals surface area contributed by atoms with Crippen molar-refractivity contribution in [3.8, 4) is 22.3 Å². The van der Waals surface area contributed by atoms with Crippen LogP contribution < -0.4 is 9.54 Å². The highest BCUT2D eigenvalue weighted by atomic mass is 32.1. The lowest BCUT2D eigenvalue weighted by atomic mass is 10.0. The van der Waals surface area contributed by atoms with E-state index in [1.165, 1.54) is 39.6 Å². The number of nitrogens with one attached hydrogen (secondary N) is 1. The monoisotopic (exact) mass is 422 g/mol. The molecule has 1 N–H and O–H groups in total. The zero-order valence-electron chi connectivity index (χ0n) is 16.6. The van der Waals surface area contributed by atoms with Gasteiger partial charge in [-0.1, -0.05) is 35.9 Å². The van der Waals surface area contributed by atoms with Gasteiger partial charge in [0.2, 0.25) is 0 Å². The number of rotatable bonds is 6. The van der Waals surface area contributed by atoms with E-state index in [0.717, 1.165) is 29.8 Å². The van der Waals surface area contributed by atoms with E-state index in [1.807, 2.05) is 35.2 Å². The van der Waals surface area contributed by atoms with E-state index < -0.39 is 0 Å². The van der Waals surface area contributed by atoms with E-state index in [4.69, 9.17) is 10.1 Å². The second-order valence-corrected chi connectivity index (χ2v) is 8.66. The maximum absolute atomic E-state index is 7.90. The van der Waals surface area contributed by atoms with Crippen LogP contribution in [0.2, 0.25) is 0 Å². The van der Waals surface area contributed by atoms with Gasteiger partial charge in [-0.3, -0.25) is 5.41 Å². The summed E-state index contributed by atoms with van der Waals surface area (Å²) in [6, 6.07) is 12.4. The van der Waals surface area contributed by atoms with Gasteiger partial charge in [-0.15, -0.1) is 11.3 Å². The predicted molar refractivity (Wildman–Crippen MR) is 118 cm³/mol. The minimum Gasteiger partial charge on any atom is -0.430 e. The fourth-order valence-electron chi connectivity index (χ4n) is 3.11. The van der Waals surface area contributed by atoms with Gasteiger partial charge in [0, 0.05) is 35.2 Å². The molecule has 0 unspecified atom stereocenters. The summed E-state index contributed by atoms with van der Waals surface area (Å²) in [6.45, 7) is 7.01. The Balaban J connectivity index is 1.49. The Morgan fingerprint density at radius 1 is 1.07 bits per heavy atom. The molecule has 29 heavy (non-hydrogen) atoms. The fourth-order valence-corrected chi connectivity index (χ4v) is 4.30. The number of hydrogen-bond donors (Lipinski definition) is 1. The summed E-state index contributed by atoms with van der Waals surface area (Å²) in [5.41, 5.74) is 5.72. The molecule has 0 aliphatic heterocycles. The normalized spacial score (nSPS) is 11.0. The molecule has 0 aliphatic carbocycles. The van der Waals surface area contributed by atoms with Gasteiger partial charge < -0.3 is 9.30 Å². The predicted octanol–water partition coefficient (Wildman–Crippen LogP) is 5.51. The summed E-state index contributed by atoms with van der Waals surface area (Å²) in [5.74, 6) is 1.50. The van der Waals surface area contributed by atoms with Crippen LogP contribution in [0.4, 0.5) is 0 Å². The minimum absolute atomic E-state index is 0.545. The highest BCUT2D eigenvalue weighted by molar-refractivity contribution is 7.07. The standard InChI is InChI=1S/C22H22N4OS2/c1-14-4-6-17(7-5-14)20-24-22(29-25-20)27-19-13-15(2)18(12-16(19)3)8-9-26-10-11-28-21(26)23/h4-7,10-13,23H,8-9H2,1-3H3. The van der Waals surface area contributed by atoms with E-state index in [1.54, 1.807) is 0 Å². The summed E-state index contributed by atoms with van der Waals surface area (Å²) in [5, 5.41) is 10.4. The molecule has 2 heterocycles. The topological polar surface area (TPSA) is 63.8 Å². The summed E-state index contributed by atoms with van der Waals surface area (Å²) >= 11 is 2.72. The summed E-state index contributed by atoms with van der Waals surface area (Å²) < 4.78 is 12.5. The average Bonchev–Trinajstić information content (AvgIpc) is 3.33. The van der Waals surface area contributed by atoms with Crippen LogP contribution in [0.1, 0.15) is 22.3 Å². The Morgan fingerprint density at radius 2 is 1.86 bits per heavy atom. The molecule has 0 aliphatic rings. The molecular formula is C22H22N4OS2. The number of ether oxygens (including phenoxy) is 1. The van der Waals surface area contributed by atoms with Gasteiger partial charge in [0.05, 0.1) is 0 Å². The molecule has 0 bridgehead atoms. The Bertz CT molecular complexity index is 1190. The first-order chi connectivity index (χ1) is 14.0. The molecule has 0 spiro atoms. The first-order valence-electron chi connectivity index (χ1n) is 9.37. The SMILES string of the molecule is Cc1ccc(-c2nsc(Oc3cc(C)c(CCn4ccsc4=N)cc3C)n2)cc1. The van der Waals surface area contributed by atoms with E-state index in [9.17, 15) is 0 Å². The Morgan fingerprint density at radius 3 is 2.59 bits per heavy atom. The molecule has 4 rings (SSSR count). The minimum atomic E-state index is 0.545. The zero-order valence-corrected chi connectivity index (χ0v) is 18.2. The molecule has 7 heteroatoms. The summed E-state index contributed by atoms with van der Waals surface area (Å²) in [6.07, 6.45) is 2.85. The van der Waals surface area contributed by atoms with Crippen LogP contribution in [-0.4, -0.2) is 13.9 Å². The van der Waals surface area contributed by atoms with Crippen molar-refractivity contribution in [3.63, 3.8) is 0 Å². The molecule has 0 radical (unpaired) electrons. The van der Waals surface area contributed by atoms with Crippen molar-refractivity contribution >= 4 is 22.9 Å². The maximum atomic E-state index is 7.90. The van der Waals surface area contributed by atoms with Crippen LogP contribution in [0.5, 0.6) is 10.9 Å². The first kappa shape index (κ1) is 19.5. The third-order valence-electron chi connectivity index (χ3n) is 4.85. The lowest BCUT2D eigenvalue weighted by Crippen LogP contribution is -2.14. The maximum Gasteiger partial charge on any atom is 0.299 e. The van der Waals surface area contributed by atoms with Crippen LogP contribution in [0, 0.1) is 26.2 Å². The van der Waals surface area contributed by atoms with Crippen molar-refractivity contribution in [3.05, 3.63) is 75.0 Å². The van der Waals surface area contributed by atoms with Gasteiger partial charge in [0.15, 0.2) is 10.6 Å². The third kappa shape index (κ3) is 4.46. The van der Waals surface area contributed by atoms with Crippen LogP contribution in [0.15, 0.2) is 48.0 Å². The summed E-state index contributed by atoms with van der Waals surface area (Å²) in [4.78, 5) is 5.12. The summed E-state index contributed by atoms with van der Waals surface area (Å²) in [7, 11) is 0. The highest BCUT2D eigenvalue weighted by Crippen LogP contribution is 2.31. The molecule has 2 aromatic heterocycles. The first-order valence-corrected chi connectivity index (χ1v) is 11.0. The number of aromatic nitrogens is 3. The number of nitrogens with zero attached hydrogens (tertiary/aromatic N) is 3. The molecule has 0 saturated heterocycles. The molecule has 0 saturated carbocycles. The van der Waals surface area contributed by atoms with Crippen LogP contribution in [-0.2, 0) is 13.0 Å². The van der Waals surface area contributed by atoms with Crippen molar-refractivity contribution < 1.29 is 4.74 Å². The smallest absolute Gasteiger partial charge is 0.299 e. The lowest BCUT2D eigenvalue weighted by molar-refractivity contribution is 0.475. The van der Waals surface area contributed by atoms with Crippen LogP contribution in [0.3, 0.4) is 0 Å². The highest BCUT2D eigenvalue weighted by Gasteiger charge is 2.12. The number of benzene rings is 2. The average molecular weight is 423 g/mol. The van der Waals surface area contributed by atoms with E-state index in [2.05, 4.69) is 47.5 Å². The van der Waals surface area contributed by atoms with Crippen molar-refractivity contribution in [1.82, 2.24) is 13.9 Å². The zero-order chi connectivity index (χ0) is 20.4. The Kier molecular flexibility index (Phi) is 5.60. The van der Waals surface area contributed by atoms with Gasteiger partial charge >= 0.3 is 0 Å². The largest absolute Gasteiger partial charge is 0.430 e. The lowest BCUT2D eigenvalue weighted by Gasteiger charge is -2.12. The van der Waals surface area contributed by atoms with E-state index in [-0.39, 0.29) is 0 Å². The number of hydrogen-bond acceptors (Lipinski definition) is 6. The quantitative estimate of drug-likeness (QED) is 0.446.